The molecule has 0 radical (unpaired) electrons. The predicted molar refractivity (Wildman–Crippen MR) is 59.0 cm³/mol. The van der Waals surface area contributed by atoms with Crippen LogP contribution in [0, 0.1) is 11.7 Å². The van der Waals surface area contributed by atoms with Crippen molar-refractivity contribution in [3.63, 3.8) is 0 Å². The van der Waals surface area contributed by atoms with Gasteiger partial charge in [0.15, 0.2) is 0 Å². The van der Waals surface area contributed by atoms with Crippen LogP contribution in [0.2, 0.25) is 0 Å². The lowest BCUT2D eigenvalue weighted by atomic mass is 10.2. The van der Waals surface area contributed by atoms with Crippen LogP contribution in [0.1, 0.15) is 0 Å². The first kappa shape index (κ1) is 10.2. The Bertz CT molecular complexity index is 408. The number of thioether (sulfide) groups is 1. The molecule has 0 heterocycles. The second-order valence-corrected chi connectivity index (χ2v) is 4.25. The van der Waals surface area contributed by atoms with Crippen molar-refractivity contribution in [3.05, 3.63) is 54.4 Å². The first-order valence-electron chi connectivity index (χ1n) is 4.58. The fourth-order valence-electron chi connectivity index (χ4n) is 1.28. The lowest BCUT2D eigenvalue weighted by Crippen LogP contribution is -2.02. The fraction of sp³-hybridized carbons (Fsp3) is 0.0833. The molecule has 0 spiro atoms. The van der Waals surface area contributed by atoms with Crippen LogP contribution in [0.25, 0.3) is 0 Å². The van der Waals surface area contributed by atoms with Gasteiger partial charge in [-0.15, -0.1) is 0 Å². The molecule has 15 heavy (non-hydrogen) atoms. The summed E-state index contributed by atoms with van der Waals surface area (Å²) in [5.41, 5.74) is 0. The summed E-state index contributed by atoms with van der Waals surface area (Å²) in [6.45, 7) is 0. The first-order chi connectivity index (χ1) is 7.25. The highest BCUT2D eigenvalue weighted by Crippen LogP contribution is 2.25. The number of rotatable bonds is 2. The van der Waals surface area contributed by atoms with E-state index >= 15 is 0 Å². The molecule has 0 N–H and O–H groups in total. The van der Waals surface area contributed by atoms with E-state index in [-0.39, 0.29) is 16.9 Å². The maximum Gasteiger partial charge on any atom is 0.204 e. The van der Waals surface area contributed by atoms with Gasteiger partial charge >= 0.3 is 0 Å². The van der Waals surface area contributed by atoms with Crippen LogP contribution in [0.15, 0.2) is 53.5 Å². The normalized spacial score (nSPS) is 14.7. The van der Waals surface area contributed by atoms with Crippen LogP contribution in [-0.4, -0.2) is 5.12 Å². The van der Waals surface area contributed by atoms with Crippen molar-refractivity contribution < 1.29 is 9.18 Å². The molecule has 2 rings (SSSR count). The van der Waals surface area contributed by atoms with Gasteiger partial charge in [-0.05, 0) is 24.3 Å². The van der Waals surface area contributed by atoms with E-state index in [0.29, 0.717) is 0 Å². The van der Waals surface area contributed by atoms with Crippen LogP contribution in [0.3, 0.4) is 0 Å². The molecular weight excluding hydrogens is 211 g/mol. The monoisotopic (exact) mass is 220 g/mol. The fourth-order valence-corrected chi connectivity index (χ4v) is 2.07. The summed E-state index contributed by atoms with van der Waals surface area (Å²) < 4.78 is 12.6. The van der Waals surface area contributed by atoms with Crippen molar-refractivity contribution in [2.75, 3.05) is 0 Å². The molecule has 1 aromatic carbocycles. The Morgan fingerprint density at radius 1 is 1.13 bits per heavy atom. The molecule has 1 aliphatic carbocycles. The van der Waals surface area contributed by atoms with Gasteiger partial charge in [0.05, 0.1) is 5.92 Å². The molecule has 1 nitrogen and oxygen atoms in total. The van der Waals surface area contributed by atoms with E-state index < -0.39 is 0 Å². The highest BCUT2D eigenvalue weighted by molar-refractivity contribution is 8.13. The van der Waals surface area contributed by atoms with E-state index in [0.717, 1.165) is 16.7 Å². The zero-order valence-corrected chi connectivity index (χ0v) is 8.71. The summed E-state index contributed by atoms with van der Waals surface area (Å²) in [7, 11) is 0. The average molecular weight is 220 g/mol. The molecule has 0 fully saturated rings. The number of carbonyl (C=O) groups is 1. The molecule has 0 amide bonds. The standard InChI is InChI=1S/C12H9FOS/c13-10-5-7-11(8-6-10)15-12(14)9-3-1-2-4-9/h1-9H. The molecule has 0 aliphatic heterocycles. The largest absolute Gasteiger partial charge is 0.286 e. The van der Waals surface area contributed by atoms with E-state index in [9.17, 15) is 9.18 Å². The predicted octanol–water partition coefficient (Wildman–Crippen LogP) is 3.19. The molecular formula is C12H9FOS. The summed E-state index contributed by atoms with van der Waals surface area (Å²) in [5.74, 6) is -0.424. The van der Waals surface area contributed by atoms with E-state index in [1.807, 2.05) is 24.3 Å². The number of allylic oxidation sites excluding steroid dienone is 4. The molecule has 0 bridgehead atoms. The van der Waals surface area contributed by atoms with Gasteiger partial charge < -0.3 is 0 Å². The molecule has 0 unspecified atom stereocenters. The second kappa shape index (κ2) is 4.45. The Labute approximate surface area is 91.7 Å². The highest BCUT2D eigenvalue weighted by atomic mass is 32.2. The van der Waals surface area contributed by atoms with Gasteiger partial charge in [-0.25, -0.2) is 4.39 Å². The molecule has 76 valence electrons. The number of hydrogen-bond donors (Lipinski definition) is 0. The lowest BCUT2D eigenvalue weighted by molar-refractivity contribution is -0.112. The molecule has 1 aliphatic rings. The zero-order chi connectivity index (χ0) is 10.7. The highest BCUT2D eigenvalue weighted by Gasteiger charge is 2.15. The Balaban J connectivity index is 2.02. The molecule has 1 aromatic rings. The Morgan fingerprint density at radius 2 is 1.73 bits per heavy atom. The minimum atomic E-state index is -0.285. The Morgan fingerprint density at radius 3 is 2.33 bits per heavy atom. The average Bonchev–Trinajstić information content (AvgIpc) is 2.74. The van der Waals surface area contributed by atoms with Gasteiger partial charge in [-0.3, -0.25) is 4.79 Å². The molecule has 3 heteroatoms. The summed E-state index contributed by atoms with van der Waals surface area (Å²) in [6.07, 6.45) is 7.40. The van der Waals surface area contributed by atoms with Crippen LogP contribution >= 0.6 is 11.8 Å². The lowest BCUT2D eigenvalue weighted by Gasteiger charge is -2.03. The van der Waals surface area contributed by atoms with Crippen molar-refractivity contribution in [2.45, 2.75) is 4.90 Å². The summed E-state index contributed by atoms with van der Waals surface area (Å²) in [4.78, 5) is 12.4. The quantitative estimate of drug-likeness (QED) is 0.712. The van der Waals surface area contributed by atoms with Gasteiger partial charge in [-0.2, -0.15) is 0 Å². The van der Waals surface area contributed by atoms with Crippen molar-refractivity contribution in [3.8, 4) is 0 Å². The molecule has 0 aromatic heterocycles. The SMILES string of the molecule is O=C(Sc1ccc(F)cc1)C1C=CC=C1. The first-order valence-corrected chi connectivity index (χ1v) is 5.39. The second-order valence-electron chi connectivity index (χ2n) is 3.17. The Kier molecular flexibility index (Phi) is 3.02. The maximum absolute atomic E-state index is 12.6. The molecule has 0 saturated heterocycles. The van der Waals surface area contributed by atoms with Crippen molar-refractivity contribution in [1.29, 1.82) is 0 Å². The van der Waals surface area contributed by atoms with E-state index in [1.165, 1.54) is 12.1 Å². The van der Waals surface area contributed by atoms with Crippen LogP contribution in [0.4, 0.5) is 4.39 Å². The smallest absolute Gasteiger partial charge is 0.204 e. The van der Waals surface area contributed by atoms with Gasteiger partial charge in [0.2, 0.25) is 5.12 Å². The van der Waals surface area contributed by atoms with Crippen LogP contribution in [0.5, 0.6) is 0 Å². The maximum atomic E-state index is 12.6. The van der Waals surface area contributed by atoms with E-state index in [1.54, 1.807) is 12.1 Å². The van der Waals surface area contributed by atoms with Gasteiger partial charge in [0.1, 0.15) is 5.82 Å². The Hall–Kier alpha value is -1.35. The number of carbonyl (C=O) groups excluding carboxylic acids is 1. The number of halogens is 1. The molecule has 0 saturated carbocycles. The third-order valence-electron chi connectivity index (χ3n) is 2.05. The summed E-state index contributed by atoms with van der Waals surface area (Å²) >= 11 is 1.14. The van der Waals surface area contributed by atoms with E-state index in [2.05, 4.69) is 0 Å². The van der Waals surface area contributed by atoms with Crippen LogP contribution in [-0.2, 0) is 4.79 Å². The zero-order valence-electron chi connectivity index (χ0n) is 7.89. The van der Waals surface area contributed by atoms with Gasteiger partial charge in [0, 0.05) is 4.90 Å². The van der Waals surface area contributed by atoms with Gasteiger partial charge in [0.25, 0.3) is 0 Å². The summed E-state index contributed by atoms with van der Waals surface area (Å²) in [5, 5.41) is 0.0617. The van der Waals surface area contributed by atoms with Crippen molar-refractivity contribution >= 4 is 16.9 Å². The third-order valence-corrected chi connectivity index (χ3v) is 3.03. The van der Waals surface area contributed by atoms with E-state index in [4.69, 9.17) is 0 Å². The summed E-state index contributed by atoms with van der Waals surface area (Å²) in [6, 6.07) is 5.94. The molecule has 0 atom stereocenters. The minimum absolute atomic E-state index is 0.0617. The number of hydrogen-bond acceptors (Lipinski definition) is 2. The topological polar surface area (TPSA) is 17.1 Å². The van der Waals surface area contributed by atoms with Crippen LogP contribution < -0.4 is 0 Å². The number of benzene rings is 1. The van der Waals surface area contributed by atoms with Crippen molar-refractivity contribution in [1.82, 2.24) is 0 Å². The third kappa shape index (κ3) is 2.57. The van der Waals surface area contributed by atoms with Crippen molar-refractivity contribution in [2.24, 2.45) is 5.92 Å². The minimum Gasteiger partial charge on any atom is -0.286 e. The van der Waals surface area contributed by atoms with Gasteiger partial charge in [-0.1, -0.05) is 36.1 Å².